The van der Waals surface area contributed by atoms with Crippen LogP contribution in [0, 0.1) is 0 Å². The van der Waals surface area contributed by atoms with Crippen LogP contribution in [0.4, 0.5) is 0 Å². The van der Waals surface area contributed by atoms with Gasteiger partial charge in [-0.15, -0.1) is 0 Å². The van der Waals surface area contributed by atoms with Crippen molar-refractivity contribution in [2.24, 2.45) is 0 Å². The average Bonchev–Trinajstić information content (AvgIpc) is 1.69. The molecule has 0 spiro atoms. The zero-order valence-electron chi connectivity index (χ0n) is 4.78. The SMILES string of the molecule is CCCC/C=C/[NH]. The molecule has 7 heavy (non-hydrogen) atoms. The summed E-state index contributed by atoms with van der Waals surface area (Å²) >= 11 is 0. The molecule has 1 radical (unpaired) electrons. The molecule has 0 rings (SSSR count). The van der Waals surface area contributed by atoms with Crippen LogP contribution < -0.4 is 5.73 Å². The number of nitrogens with one attached hydrogen (secondary N) is 1. The lowest BCUT2D eigenvalue weighted by atomic mass is 10.2. The number of unbranched alkanes of at least 4 members (excludes halogenated alkanes) is 2. The molecule has 1 N–H and O–H groups in total. The molecule has 0 heterocycles. The lowest BCUT2D eigenvalue weighted by molar-refractivity contribution is 0.813. The van der Waals surface area contributed by atoms with Gasteiger partial charge in [0.2, 0.25) is 0 Å². The molecule has 0 amide bonds. The van der Waals surface area contributed by atoms with Gasteiger partial charge in [0.05, 0.1) is 0 Å². The number of hydrogen-bond acceptors (Lipinski definition) is 0. The molecule has 0 aromatic heterocycles. The predicted octanol–water partition coefficient (Wildman–Crippen LogP) is 1.97. The average molecular weight is 98.2 g/mol. The van der Waals surface area contributed by atoms with E-state index in [1.807, 2.05) is 6.08 Å². The Labute approximate surface area is 45.2 Å². The zero-order chi connectivity index (χ0) is 5.54. The first kappa shape index (κ1) is 6.54. The fourth-order valence-electron chi connectivity index (χ4n) is 0.405. The van der Waals surface area contributed by atoms with Crippen LogP contribution >= 0.6 is 0 Å². The van der Waals surface area contributed by atoms with Crippen LogP contribution in [0.2, 0.25) is 0 Å². The van der Waals surface area contributed by atoms with Crippen LogP contribution in [0.5, 0.6) is 0 Å². The Morgan fingerprint density at radius 2 is 2.29 bits per heavy atom. The Kier molecular flexibility index (Phi) is 5.18. The summed E-state index contributed by atoms with van der Waals surface area (Å²) in [6.07, 6.45) is 6.75. The maximum atomic E-state index is 6.60. The lowest BCUT2D eigenvalue weighted by Gasteiger charge is -1.83. The van der Waals surface area contributed by atoms with Gasteiger partial charge in [0.15, 0.2) is 0 Å². The molecular formula is C6H12N. The molecule has 0 bridgehead atoms. The minimum Gasteiger partial charge on any atom is -0.309 e. The van der Waals surface area contributed by atoms with E-state index >= 15 is 0 Å². The van der Waals surface area contributed by atoms with Gasteiger partial charge in [-0.05, 0) is 6.42 Å². The van der Waals surface area contributed by atoms with Gasteiger partial charge in [-0.1, -0.05) is 25.8 Å². The van der Waals surface area contributed by atoms with Gasteiger partial charge in [0, 0.05) is 6.20 Å². The van der Waals surface area contributed by atoms with Crippen molar-refractivity contribution in [3.63, 3.8) is 0 Å². The van der Waals surface area contributed by atoms with Gasteiger partial charge in [-0.25, -0.2) is 0 Å². The minimum absolute atomic E-state index is 1.07. The topological polar surface area (TPSA) is 23.8 Å². The van der Waals surface area contributed by atoms with Crippen molar-refractivity contribution in [2.75, 3.05) is 0 Å². The normalized spacial score (nSPS) is 10.4. The van der Waals surface area contributed by atoms with Crippen LogP contribution in [-0.2, 0) is 0 Å². The molecule has 1 heteroatoms. The number of allylic oxidation sites excluding steroid dienone is 1. The first-order valence-corrected chi connectivity index (χ1v) is 2.74. The summed E-state index contributed by atoms with van der Waals surface area (Å²) in [6, 6.07) is 0. The van der Waals surface area contributed by atoms with E-state index in [2.05, 4.69) is 6.92 Å². The van der Waals surface area contributed by atoms with Crippen LogP contribution in [0.3, 0.4) is 0 Å². The molecule has 0 aliphatic rings. The van der Waals surface area contributed by atoms with Gasteiger partial charge in [-0.2, -0.15) is 0 Å². The second kappa shape index (κ2) is 5.54. The van der Waals surface area contributed by atoms with Gasteiger partial charge < -0.3 is 5.73 Å². The van der Waals surface area contributed by atoms with E-state index in [0.29, 0.717) is 0 Å². The molecule has 0 saturated carbocycles. The first-order valence-electron chi connectivity index (χ1n) is 2.74. The third kappa shape index (κ3) is 5.54. The van der Waals surface area contributed by atoms with E-state index in [4.69, 9.17) is 5.73 Å². The quantitative estimate of drug-likeness (QED) is 0.482. The zero-order valence-corrected chi connectivity index (χ0v) is 4.78. The third-order valence-corrected chi connectivity index (χ3v) is 0.842. The van der Waals surface area contributed by atoms with E-state index < -0.39 is 0 Å². The highest BCUT2D eigenvalue weighted by atomic mass is 14.5. The standard InChI is InChI=1S/C6H12N/c1-2-3-4-5-6-7/h5-7H,2-4H2,1H3/b6-5+. The summed E-state index contributed by atoms with van der Waals surface area (Å²) in [5, 5.41) is 0. The largest absolute Gasteiger partial charge is 0.309 e. The van der Waals surface area contributed by atoms with Crippen molar-refractivity contribution in [3.8, 4) is 0 Å². The summed E-state index contributed by atoms with van der Waals surface area (Å²) < 4.78 is 0. The van der Waals surface area contributed by atoms with Crippen LogP contribution in [0.15, 0.2) is 12.3 Å². The fourth-order valence-corrected chi connectivity index (χ4v) is 0.405. The maximum absolute atomic E-state index is 6.60. The van der Waals surface area contributed by atoms with Gasteiger partial charge in [-0.3, -0.25) is 0 Å². The summed E-state index contributed by atoms with van der Waals surface area (Å²) in [5.41, 5.74) is 6.60. The number of hydrogen-bond donors (Lipinski definition) is 0. The molecular weight excluding hydrogens is 86.1 g/mol. The molecule has 0 atom stereocenters. The highest BCUT2D eigenvalue weighted by Gasteiger charge is 1.73. The van der Waals surface area contributed by atoms with Crippen molar-refractivity contribution in [3.05, 3.63) is 12.3 Å². The molecule has 0 unspecified atom stereocenters. The minimum atomic E-state index is 1.07. The van der Waals surface area contributed by atoms with E-state index in [1.54, 1.807) is 0 Å². The van der Waals surface area contributed by atoms with Crippen molar-refractivity contribution in [1.82, 2.24) is 5.73 Å². The summed E-state index contributed by atoms with van der Waals surface area (Å²) in [4.78, 5) is 0. The molecule has 0 aliphatic heterocycles. The Balaban J connectivity index is 2.69. The molecule has 1 nitrogen and oxygen atoms in total. The van der Waals surface area contributed by atoms with Crippen molar-refractivity contribution in [1.29, 1.82) is 0 Å². The highest BCUT2D eigenvalue weighted by molar-refractivity contribution is 4.73. The monoisotopic (exact) mass is 98.1 g/mol. The first-order chi connectivity index (χ1) is 3.41. The Morgan fingerprint density at radius 1 is 1.57 bits per heavy atom. The molecule has 0 saturated heterocycles. The second-order valence-corrected chi connectivity index (χ2v) is 1.54. The van der Waals surface area contributed by atoms with Crippen LogP contribution in [0.25, 0.3) is 0 Å². The third-order valence-electron chi connectivity index (χ3n) is 0.842. The van der Waals surface area contributed by atoms with Crippen molar-refractivity contribution in [2.45, 2.75) is 26.2 Å². The smallest absolute Gasteiger partial charge is 0.0137 e. The maximum Gasteiger partial charge on any atom is 0.0137 e. The molecule has 0 fully saturated rings. The molecule has 0 aromatic carbocycles. The molecule has 41 valence electrons. The lowest BCUT2D eigenvalue weighted by Crippen LogP contribution is -1.65. The Bertz CT molecular complexity index is 48.1. The Hall–Kier alpha value is -0.460. The van der Waals surface area contributed by atoms with Crippen molar-refractivity contribution < 1.29 is 0 Å². The number of rotatable bonds is 3. The van der Waals surface area contributed by atoms with E-state index in [-0.39, 0.29) is 0 Å². The van der Waals surface area contributed by atoms with Crippen LogP contribution in [-0.4, -0.2) is 0 Å². The van der Waals surface area contributed by atoms with E-state index in [1.165, 1.54) is 19.0 Å². The van der Waals surface area contributed by atoms with Gasteiger partial charge >= 0.3 is 0 Å². The summed E-state index contributed by atoms with van der Waals surface area (Å²) in [6.45, 7) is 2.15. The van der Waals surface area contributed by atoms with Gasteiger partial charge in [0.25, 0.3) is 0 Å². The van der Waals surface area contributed by atoms with Gasteiger partial charge in [0.1, 0.15) is 0 Å². The highest BCUT2D eigenvalue weighted by Crippen LogP contribution is 1.92. The van der Waals surface area contributed by atoms with E-state index in [0.717, 1.165) is 6.42 Å². The predicted molar refractivity (Wildman–Crippen MR) is 31.8 cm³/mol. The molecule has 0 aliphatic carbocycles. The van der Waals surface area contributed by atoms with Crippen LogP contribution in [0.1, 0.15) is 26.2 Å². The fraction of sp³-hybridized carbons (Fsp3) is 0.667. The second-order valence-electron chi connectivity index (χ2n) is 1.54. The van der Waals surface area contributed by atoms with E-state index in [9.17, 15) is 0 Å². The Morgan fingerprint density at radius 3 is 2.71 bits per heavy atom. The summed E-state index contributed by atoms with van der Waals surface area (Å²) in [5.74, 6) is 0. The summed E-state index contributed by atoms with van der Waals surface area (Å²) in [7, 11) is 0. The van der Waals surface area contributed by atoms with Crippen molar-refractivity contribution >= 4 is 0 Å². The molecule has 0 aromatic rings.